The molecule has 3 atom stereocenters. The largest absolute Gasteiger partial charge is 0.376 e. The fourth-order valence-electron chi connectivity index (χ4n) is 3.37. The average Bonchev–Trinajstić information content (AvgIpc) is 3.32. The van der Waals surface area contributed by atoms with E-state index >= 15 is 0 Å². The Balaban J connectivity index is 1.34. The summed E-state index contributed by atoms with van der Waals surface area (Å²) in [5.41, 5.74) is 0. The molecule has 0 radical (unpaired) electrons. The first-order valence-corrected chi connectivity index (χ1v) is 11.3. The second-order valence-electron chi connectivity index (χ2n) is 7.07. The Labute approximate surface area is 167 Å². The lowest BCUT2D eigenvalue weighted by Crippen LogP contribution is -2.48. The Morgan fingerprint density at radius 2 is 2.07 bits per heavy atom. The highest BCUT2D eigenvalue weighted by Crippen LogP contribution is 2.26. The molecule has 3 N–H and O–H groups in total. The van der Waals surface area contributed by atoms with Gasteiger partial charge in [-0.2, -0.15) is 0 Å². The van der Waals surface area contributed by atoms with Crippen LogP contribution in [-0.2, 0) is 9.53 Å². The van der Waals surface area contributed by atoms with Gasteiger partial charge in [-0.1, -0.05) is 42.9 Å². The predicted molar refractivity (Wildman–Crippen MR) is 106 cm³/mol. The number of urea groups is 1. The van der Waals surface area contributed by atoms with Crippen molar-refractivity contribution in [3.8, 4) is 0 Å². The smallest absolute Gasteiger partial charge is 0.321 e. The lowest BCUT2D eigenvalue weighted by molar-refractivity contribution is -0.117. The van der Waals surface area contributed by atoms with Crippen molar-refractivity contribution in [2.75, 3.05) is 24.2 Å². The molecule has 1 saturated heterocycles. The summed E-state index contributed by atoms with van der Waals surface area (Å²) in [5, 5.41) is 17.4. The van der Waals surface area contributed by atoms with E-state index in [1.807, 2.05) is 0 Å². The van der Waals surface area contributed by atoms with Crippen LogP contribution in [0.2, 0.25) is 0 Å². The van der Waals surface area contributed by atoms with Crippen LogP contribution >= 0.6 is 23.1 Å². The lowest BCUT2D eigenvalue weighted by atomic mass is 9.86. The Bertz CT molecular complexity index is 636. The average molecular weight is 414 g/mol. The highest BCUT2D eigenvalue weighted by Gasteiger charge is 2.23. The number of anilines is 1. The van der Waals surface area contributed by atoms with Gasteiger partial charge in [-0.05, 0) is 31.6 Å². The van der Waals surface area contributed by atoms with Crippen LogP contribution in [0.1, 0.15) is 45.4 Å². The first-order chi connectivity index (χ1) is 13.1. The monoisotopic (exact) mass is 413 g/mol. The molecule has 150 valence electrons. The lowest BCUT2D eigenvalue weighted by Gasteiger charge is -2.29. The van der Waals surface area contributed by atoms with E-state index in [0.717, 1.165) is 50.4 Å². The molecule has 0 bridgehead atoms. The molecule has 1 aliphatic carbocycles. The fraction of sp³-hybridized carbons (Fsp3) is 0.765. The standard InChI is InChI=1S/C17H27N5O3S2/c1-11-5-2-3-7-13(11)19-15(24)20-14(23)10-26-17-22-21-16(27-17)18-9-12-6-4-8-25-12/h11-13H,2-10H2,1H3,(H,18,21)(H2,19,20,23,24). The Kier molecular flexibility index (Phi) is 7.71. The molecule has 3 rings (SSSR count). The van der Waals surface area contributed by atoms with Gasteiger partial charge >= 0.3 is 6.03 Å². The van der Waals surface area contributed by atoms with Crippen molar-refractivity contribution in [1.29, 1.82) is 0 Å². The number of ether oxygens (including phenoxy) is 1. The maximum absolute atomic E-state index is 12.0. The third-order valence-corrected chi connectivity index (χ3v) is 6.93. The molecule has 8 nitrogen and oxygen atoms in total. The molecule has 3 amide bonds. The van der Waals surface area contributed by atoms with Gasteiger partial charge in [-0.3, -0.25) is 10.1 Å². The van der Waals surface area contributed by atoms with Gasteiger partial charge in [-0.25, -0.2) is 4.79 Å². The van der Waals surface area contributed by atoms with Crippen molar-refractivity contribution in [2.45, 2.75) is 61.9 Å². The van der Waals surface area contributed by atoms with Crippen molar-refractivity contribution < 1.29 is 14.3 Å². The van der Waals surface area contributed by atoms with Crippen molar-refractivity contribution in [2.24, 2.45) is 5.92 Å². The molecule has 1 aromatic heterocycles. The summed E-state index contributed by atoms with van der Waals surface area (Å²) in [7, 11) is 0. The topological polar surface area (TPSA) is 105 Å². The van der Waals surface area contributed by atoms with Crippen LogP contribution in [0.5, 0.6) is 0 Å². The molecule has 1 saturated carbocycles. The highest BCUT2D eigenvalue weighted by molar-refractivity contribution is 8.01. The molecule has 2 fully saturated rings. The maximum atomic E-state index is 12.0. The van der Waals surface area contributed by atoms with Gasteiger partial charge in [0.1, 0.15) is 0 Å². The summed E-state index contributed by atoms with van der Waals surface area (Å²) in [6.45, 7) is 3.69. The minimum atomic E-state index is -0.407. The SMILES string of the molecule is CC1CCCCC1NC(=O)NC(=O)CSc1nnc(NCC2CCCO2)s1. The summed E-state index contributed by atoms with van der Waals surface area (Å²) in [5.74, 6) is 0.259. The van der Waals surface area contributed by atoms with Gasteiger partial charge in [0, 0.05) is 19.2 Å². The van der Waals surface area contributed by atoms with Gasteiger partial charge in [0.25, 0.3) is 0 Å². The number of hydrogen-bond acceptors (Lipinski definition) is 8. The van der Waals surface area contributed by atoms with Gasteiger partial charge in [0.2, 0.25) is 11.0 Å². The molecule has 0 aromatic carbocycles. The Morgan fingerprint density at radius 3 is 2.85 bits per heavy atom. The van der Waals surface area contributed by atoms with Crippen LogP contribution in [0, 0.1) is 5.92 Å². The summed E-state index contributed by atoms with van der Waals surface area (Å²) in [6.07, 6.45) is 6.84. The van der Waals surface area contributed by atoms with E-state index in [4.69, 9.17) is 4.74 Å². The number of amides is 3. The Morgan fingerprint density at radius 1 is 1.22 bits per heavy atom. The minimum absolute atomic E-state index is 0.133. The molecular formula is C17H27N5O3S2. The van der Waals surface area contributed by atoms with Gasteiger partial charge in [0.15, 0.2) is 4.34 Å². The number of rotatable bonds is 7. The molecule has 2 heterocycles. The molecule has 2 aliphatic rings. The first kappa shape index (κ1) is 20.3. The molecule has 1 aromatic rings. The molecule has 0 spiro atoms. The van der Waals surface area contributed by atoms with Crippen LogP contribution in [0.25, 0.3) is 0 Å². The van der Waals surface area contributed by atoms with Crippen LogP contribution in [0.15, 0.2) is 4.34 Å². The van der Waals surface area contributed by atoms with Gasteiger partial charge in [-0.15, -0.1) is 10.2 Å². The van der Waals surface area contributed by atoms with Crippen molar-refractivity contribution >= 4 is 40.2 Å². The van der Waals surface area contributed by atoms with Crippen LogP contribution < -0.4 is 16.0 Å². The van der Waals surface area contributed by atoms with Gasteiger partial charge < -0.3 is 15.4 Å². The second kappa shape index (κ2) is 10.2. The molecular weight excluding hydrogens is 386 g/mol. The molecule has 27 heavy (non-hydrogen) atoms. The summed E-state index contributed by atoms with van der Waals surface area (Å²) >= 11 is 2.68. The van der Waals surface area contributed by atoms with E-state index in [-0.39, 0.29) is 23.8 Å². The normalized spacial score (nSPS) is 25.1. The molecule has 3 unspecified atom stereocenters. The number of hydrogen-bond donors (Lipinski definition) is 3. The number of carbonyl (C=O) groups excluding carboxylic acids is 2. The maximum Gasteiger partial charge on any atom is 0.321 e. The van der Waals surface area contributed by atoms with Crippen molar-refractivity contribution in [3.63, 3.8) is 0 Å². The number of aromatic nitrogens is 2. The number of thioether (sulfide) groups is 1. The zero-order valence-corrected chi connectivity index (χ0v) is 17.2. The van der Waals surface area contributed by atoms with Gasteiger partial charge in [0.05, 0.1) is 11.9 Å². The fourth-order valence-corrected chi connectivity index (χ4v) is 4.93. The predicted octanol–water partition coefficient (Wildman–Crippen LogP) is 2.63. The van der Waals surface area contributed by atoms with Crippen molar-refractivity contribution in [1.82, 2.24) is 20.8 Å². The first-order valence-electron chi connectivity index (χ1n) is 9.52. The van der Waals surface area contributed by atoms with E-state index in [9.17, 15) is 9.59 Å². The van der Waals surface area contributed by atoms with E-state index < -0.39 is 6.03 Å². The van der Waals surface area contributed by atoms with E-state index in [1.165, 1.54) is 29.5 Å². The van der Waals surface area contributed by atoms with Crippen LogP contribution in [-0.4, -0.2) is 53.2 Å². The summed E-state index contributed by atoms with van der Waals surface area (Å²) in [4.78, 5) is 24.0. The Hall–Kier alpha value is -1.39. The van der Waals surface area contributed by atoms with Crippen LogP contribution in [0.4, 0.5) is 9.93 Å². The number of nitrogens with one attached hydrogen (secondary N) is 3. The summed E-state index contributed by atoms with van der Waals surface area (Å²) < 4.78 is 6.25. The van der Waals surface area contributed by atoms with Crippen LogP contribution in [0.3, 0.4) is 0 Å². The number of nitrogens with zero attached hydrogens (tertiary/aromatic N) is 2. The van der Waals surface area contributed by atoms with Crippen molar-refractivity contribution in [3.05, 3.63) is 0 Å². The molecule has 1 aliphatic heterocycles. The van der Waals surface area contributed by atoms with E-state index in [2.05, 4.69) is 33.1 Å². The third-order valence-electron chi connectivity index (χ3n) is 4.92. The highest BCUT2D eigenvalue weighted by atomic mass is 32.2. The second-order valence-corrected chi connectivity index (χ2v) is 9.27. The van der Waals surface area contributed by atoms with E-state index in [0.29, 0.717) is 10.3 Å². The number of carbonyl (C=O) groups is 2. The third kappa shape index (κ3) is 6.62. The minimum Gasteiger partial charge on any atom is -0.376 e. The zero-order valence-electron chi connectivity index (χ0n) is 15.5. The summed E-state index contributed by atoms with van der Waals surface area (Å²) in [6, 6.07) is -0.254. The number of imide groups is 1. The molecule has 10 heteroatoms. The quantitative estimate of drug-likeness (QED) is 0.590. The van der Waals surface area contributed by atoms with E-state index in [1.54, 1.807) is 0 Å². The zero-order chi connectivity index (χ0) is 19.1.